The molecule has 1 aliphatic carbocycles. The van der Waals surface area contributed by atoms with Gasteiger partial charge in [-0.05, 0) is 61.9 Å². The van der Waals surface area contributed by atoms with Gasteiger partial charge in [-0.1, -0.05) is 30.3 Å². The lowest BCUT2D eigenvalue weighted by molar-refractivity contribution is 0.181. The molecule has 0 saturated carbocycles. The lowest BCUT2D eigenvalue weighted by Gasteiger charge is -2.33. The number of urea groups is 1. The first kappa shape index (κ1) is 20.1. The van der Waals surface area contributed by atoms with Gasteiger partial charge in [-0.3, -0.25) is 0 Å². The Morgan fingerprint density at radius 2 is 1.96 bits per heavy atom. The molecule has 1 aliphatic rings. The zero-order chi connectivity index (χ0) is 20.1. The number of carbonyl (C=O) groups excluding carboxylic acids is 1. The largest absolute Gasteiger partial charge is 0.493 e. The number of ether oxygens (including phenoxy) is 2. The molecule has 2 aromatic carbocycles. The van der Waals surface area contributed by atoms with Crippen molar-refractivity contribution in [1.29, 1.82) is 0 Å². The molecule has 0 aromatic heterocycles. The lowest BCUT2D eigenvalue weighted by atomic mass is 9.88. The number of carbonyl (C=O) groups is 1. The van der Waals surface area contributed by atoms with Crippen LogP contribution in [0.25, 0.3) is 0 Å². The van der Waals surface area contributed by atoms with Crippen molar-refractivity contribution in [1.82, 2.24) is 10.2 Å². The summed E-state index contributed by atoms with van der Waals surface area (Å²) < 4.78 is 11.0. The molecular formula is C23H30N2O3. The Hall–Kier alpha value is -2.69. The zero-order valence-corrected chi connectivity index (χ0v) is 17.2. The highest BCUT2D eigenvalue weighted by molar-refractivity contribution is 5.75. The summed E-state index contributed by atoms with van der Waals surface area (Å²) in [6.45, 7) is 4.50. The quantitative estimate of drug-likeness (QED) is 0.808. The van der Waals surface area contributed by atoms with Gasteiger partial charge in [0.15, 0.2) is 11.5 Å². The van der Waals surface area contributed by atoms with E-state index in [0.717, 1.165) is 24.8 Å². The van der Waals surface area contributed by atoms with Crippen molar-refractivity contribution in [2.45, 2.75) is 45.2 Å². The first-order valence-electron chi connectivity index (χ1n) is 9.94. The molecule has 0 fully saturated rings. The third kappa shape index (κ3) is 4.41. The average molecular weight is 383 g/mol. The second-order valence-corrected chi connectivity index (χ2v) is 7.29. The van der Waals surface area contributed by atoms with E-state index < -0.39 is 0 Å². The standard InChI is InChI=1S/C23H30N2O3/c1-5-28-21-13-11-18(15-22(21)27-4)16(2)24-23(26)25(3)20-12-10-17-8-6-7-9-19(17)14-20/h6-9,11,13,15-16,20H,5,10,12,14H2,1-4H3,(H,24,26). The predicted octanol–water partition coefficient (Wildman–Crippen LogP) is 4.35. The molecule has 5 heteroatoms. The molecule has 2 aromatic rings. The van der Waals surface area contributed by atoms with Crippen LogP contribution in [0.15, 0.2) is 42.5 Å². The molecule has 3 rings (SSSR count). The van der Waals surface area contributed by atoms with E-state index in [0.29, 0.717) is 18.1 Å². The Morgan fingerprint density at radius 3 is 2.68 bits per heavy atom. The van der Waals surface area contributed by atoms with Crippen LogP contribution in [0, 0.1) is 0 Å². The number of nitrogens with one attached hydrogen (secondary N) is 1. The van der Waals surface area contributed by atoms with Gasteiger partial charge in [0.2, 0.25) is 0 Å². The smallest absolute Gasteiger partial charge is 0.317 e. The fourth-order valence-corrected chi connectivity index (χ4v) is 3.77. The van der Waals surface area contributed by atoms with Gasteiger partial charge in [0.1, 0.15) is 0 Å². The molecule has 5 nitrogen and oxygen atoms in total. The second-order valence-electron chi connectivity index (χ2n) is 7.29. The number of hydrogen-bond acceptors (Lipinski definition) is 3. The van der Waals surface area contributed by atoms with Crippen molar-refractivity contribution in [2.24, 2.45) is 0 Å². The second kappa shape index (κ2) is 9.00. The summed E-state index contributed by atoms with van der Waals surface area (Å²) in [7, 11) is 3.51. The maximum atomic E-state index is 12.8. The van der Waals surface area contributed by atoms with Gasteiger partial charge in [-0.15, -0.1) is 0 Å². The van der Waals surface area contributed by atoms with E-state index in [1.165, 1.54) is 11.1 Å². The van der Waals surface area contributed by atoms with Gasteiger partial charge in [0, 0.05) is 13.1 Å². The lowest BCUT2D eigenvalue weighted by Crippen LogP contribution is -2.46. The summed E-state index contributed by atoms with van der Waals surface area (Å²) in [5.41, 5.74) is 3.74. The number of fused-ring (bicyclic) bond motifs is 1. The molecule has 2 amide bonds. The molecule has 0 radical (unpaired) electrons. The third-order valence-electron chi connectivity index (χ3n) is 5.52. The van der Waals surface area contributed by atoms with Crippen LogP contribution >= 0.6 is 0 Å². The topological polar surface area (TPSA) is 50.8 Å². The van der Waals surface area contributed by atoms with Gasteiger partial charge in [0.25, 0.3) is 0 Å². The molecule has 28 heavy (non-hydrogen) atoms. The fraction of sp³-hybridized carbons (Fsp3) is 0.435. The Kier molecular flexibility index (Phi) is 6.45. The average Bonchev–Trinajstić information content (AvgIpc) is 2.73. The van der Waals surface area contributed by atoms with Crippen LogP contribution in [0.1, 0.15) is 43.0 Å². The molecule has 0 saturated heterocycles. The predicted molar refractivity (Wildman–Crippen MR) is 111 cm³/mol. The minimum absolute atomic E-state index is 0.0512. The van der Waals surface area contributed by atoms with Gasteiger partial charge in [0.05, 0.1) is 19.8 Å². The van der Waals surface area contributed by atoms with E-state index in [1.807, 2.05) is 44.0 Å². The third-order valence-corrected chi connectivity index (χ3v) is 5.52. The van der Waals surface area contributed by atoms with E-state index >= 15 is 0 Å². The zero-order valence-electron chi connectivity index (χ0n) is 17.2. The number of benzene rings is 2. The molecule has 0 bridgehead atoms. The van der Waals surface area contributed by atoms with E-state index in [9.17, 15) is 4.79 Å². The van der Waals surface area contributed by atoms with Gasteiger partial charge in [-0.2, -0.15) is 0 Å². The number of aryl methyl sites for hydroxylation is 1. The molecule has 2 atom stereocenters. The SMILES string of the molecule is CCOc1ccc(C(C)NC(=O)N(C)C2CCc3ccccc3C2)cc1OC. The van der Waals surface area contributed by atoms with Crippen molar-refractivity contribution < 1.29 is 14.3 Å². The normalized spacial score (nSPS) is 16.6. The number of methoxy groups -OCH3 is 1. The van der Waals surface area contributed by atoms with Crippen molar-refractivity contribution in [3.8, 4) is 11.5 Å². The van der Waals surface area contributed by atoms with Crippen LogP contribution < -0.4 is 14.8 Å². The maximum Gasteiger partial charge on any atom is 0.317 e. The van der Waals surface area contributed by atoms with E-state index in [4.69, 9.17) is 9.47 Å². The van der Waals surface area contributed by atoms with Crippen molar-refractivity contribution in [2.75, 3.05) is 20.8 Å². The maximum absolute atomic E-state index is 12.8. The van der Waals surface area contributed by atoms with Crippen LogP contribution in [0.5, 0.6) is 11.5 Å². The first-order valence-corrected chi connectivity index (χ1v) is 9.94. The van der Waals surface area contributed by atoms with Crippen LogP contribution in [0.4, 0.5) is 4.79 Å². The Morgan fingerprint density at radius 1 is 1.21 bits per heavy atom. The van der Waals surface area contributed by atoms with E-state index in [1.54, 1.807) is 7.11 Å². The van der Waals surface area contributed by atoms with Crippen LogP contribution in [0.3, 0.4) is 0 Å². The molecule has 150 valence electrons. The number of amides is 2. The molecule has 2 unspecified atom stereocenters. The minimum atomic E-state index is -0.129. The first-order chi connectivity index (χ1) is 13.5. The van der Waals surface area contributed by atoms with Gasteiger partial charge >= 0.3 is 6.03 Å². The summed E-state index contributed by atoms with van der Waals surface area (Å²) in [5, 5.41) is 3.11. The number of rotatable bonds is 6. The van der Waals surface area contributed by atoms with Crippen LogP contribution in [-0.2, 0) is 12.8 Å². The van der Waals surface area contributed by atoms with Crippen LogP contribution in [0.2, 0.25) is 0 Å². The minimum Gasteiger partial charge on any atom is -0.493 e. The number of likely N-dealkylation sites (N-methyl/N-ethyl adjacent to an activating group) is 1. The van der Waals surface area contributed by atoms with Crippen molar-refractivity contribution in [3.63, 3.8) is 0 Å². The van der Waals surface area contributed by atoms with Gasteiger partial charge in [-0.25, -0.2) is 4.79 Å². The molecular weight excluding hydrogens is 352 g/mol. The number of hydrogen-bond donors (Lipinski definition) is 1. The molecule has 0 aliphatic heterocycles. The Bertz CT molecular complexity index is 821. The van der Waals surface area contributed by atoms with Gasteiger partial charge < -0.3 is 19.7 Å². The van der Waals surface area contributed by atoms with Crippen molar-refractivity contribution in [3.05, 3.63) is 59.2 Å². The Balaban J connectivity index is 1.64. The highest BCUT2D eigenvalue weighted by Gasteiger charge is 2.25. The van der Waals surface area contributed by atoms with E-state index in [-0.39, 0.29) is 18.1 Å². The van der Waals surface area contributed by atoms with E-state index in [2.05, 4.69) is 29.6 Å². The fourth-order valence-electron chi connectivity index (χ4n) is 3.77. The highest BCUT2D eigenvalue weighted by Crippen LogP contribution is 2.30. The van der Waals surface area contributed by atoms with Crippen molar-refractivity contribution >= 4 is 6.03 Å². The monoisotopic (exact) mass is 382 g/mol. The summed E-state index contributed by atoms with van der Waals surface area (Å²) in [6, 6.07) is 14.3. The molecule has 0 heterocycles. The van der Waals surface area contributed by atoms with Crippen LogP contribution in [-0.4, -0.2) is 37.7 Å². The summed E-state index contributed by atoms with van der Waals surface area (Å²) >= 11 is 0. The summed E-state index contributed by atoms with van der Waals surface area (Å²) in [6.07, 6.45) is 2.92. The summed E-state index contributed by atoms with van der Waals surface area (Å²) in [4.78, 5) is 14.7. The molecule has 1 N–H and O–H groups in total. The molecule has 0 spiro atoms. The number of nitrogens with zero attached hydrogens (tertiary/aromatic N) is 1. The Labute approximate surface area is 167 Å². The summed E-state index contributed by atoms with van der Waals surface area (Å²) in [5.74, 6) is 1.39. The highest BCUT2D eigenvalue weighted by atomic mass is 16.5.